The van der Waals surface area contributed by atoms with Crippen molar-refractivity contribution < 1.29 is 4.39 Å². The van der Waals surface area contributed by atoms with E-state index in [9.17, 15) is 9.65 Å². The number of hydrogen-bond donors (Lipinski definition) is 1. The lowest BCUT2D eigenvalue weighted by molar-refractivity contribution is 0.608. The molecule has 2 aromatic rings. The summed E-state index contributed by atoms with van der Waals surface area (Å²) < 4.78 is 14.8. The standard InChI is InChI=1S/C14H9BrClFN2/c15-9-3-1-4-10(7-9)19-13(8-18)11-5-2-6-12(16)14(11)17/h1-7,13,19H. The van der Waals surface area contributed by atoms with Crippen LogP contribution >= 0.6 is 27.5 Å². The monoisotopic (exact) mass is 338 g/mol. The molecule has 19 heavy (non-hydrogen) atoms. The predicted molar refractivity (Wildman–Crippen MR) is 77.5 cm³/mol. The van der Waals surface area contributed by atoms with Gasteiger partial charge >= 0.3 is 0 Å². The van der Waals surface area contributed by atoms with Crippen LogP contribution in [-0.4, -0.2) is 0 Å². The number of benzene rings is 2. The topological polar surface area (TPSA) is 35.8 Å². The van der Waals surface area contributed by atoms with Gasteiger partial charge in [-0.05, 0) is 24.3 Å². The van der Waals surface area contributed by atoms with E-state index in [-0.39, 0.29) is 10.6 Å². The number of halogens is 3. The molecular formula is C14H9BrClFN2. The second-order valence-electron chi connectivity index (χ2n) is 3.86. The molecule has 0 aliphatic heterocycles. The van der Waals surface area contributed by atoms with Crippen LogP contribution in [-0.2, 0) is 0 Å². The Bertz CT molecular complexity index is 640. The quantitative estimate of drug-likeness (QED) is 0.861. The van der Waals surface area contributed by atoms with Crippen molar-refractivity contribution in [3.05, 3.63) is 63.3 Å². The van der Waals surface area contributed by atoms with Gasteiger partial charge in [0.2, 0.25) is 0 Å². The molecular weight excluding hydrogens is 331 g/mol. The highest BCUT2D eigenvalue weighted by molar-refractivity contribution is 9.10. The minimum Gasteiger partial charge on any atom is -0.366 e. The van der Waals surface area contributed by atoms with Crippen LogP contribution in [0.15, 0.2) is 46.9 Å². The summed E-state index contributed by atoms with van der Waals surface area (Å²) in [4.78, 5) is 0. The molecule has 1 unspecified atom stereocenters. The third-order valence-corrected chi connectivity index (χ3v) is 3.34. The van der Waals surface area contributed by atoms with Gasteiger partial charge < -0.3 is 5.32 Å². The molecule has 0 heterocycles. The molecule has 0 fully saturated rings. The summed E-state index contributed by atoms with van der Waals surface area (Å²) in [5.74, 6) is -0.571. The molecule has 2 aromatic carbocycles. The summed E-state index contributed by atoms with van der Waals surface area (Å²) >= 11 is 9.06. The second kappa shape index (κ2) is 6.05. The van der Waals surface area contributed by atoms with E-state index in [1.807, 2.05) is 24.3 Å². The molecule has 2 nitrogen and oxygen atoms in total. The first-order valence-electron chi connectivity index (χ1n) is 5.47. The fourth-order valence-electron chi connectivity index (χ4n) is 1.67. The summed E-state index contributed by atoms with van der Waals surface area (Å²) in [6.45, 7) is 0. The van der Waals surface area contributed by atoms with E-state index in [0.717, 1.165) is 10.2 Å². The fraction of sp³-hybridized carbons (Fsp3) is 0.0714. The molecule has 0 radical (unpaired) electrons. The zero-order chi connectivity index (χ0) is 13.8. The number of hydrogen-bond acceptors (Lipinski definition) is 2. The van der Waals surface area contributed by atoms with Crippen LogP contribution in [0.1, 0.15) is 11.6 Å². The molecule has 96 valence electrons. The Hall–Kier alpha value is -1.57. The average Bonchev–Trinajstić information content (AvgIpc) is 2.40. The minimum atomic E-state index is -0.798. The summed E-state index contributed by atoms with van der Waals surface area (Å²) in [6.07, 6.45) is 0. The minimum absolute atomic E-state index is 0.00814. The molecule has 0 bridgehead atoms. The molecule has 2 rings (SSSR count). The maximum absolute atomic E-state index is 13.9. The lowest BCUT2D eigenvalue weighted by atomic mass is 10.1. The highest BCUT2D eigenvalue weighted by Crippen LogP contribution is 2.26. The number of nitrogens with zero attached hydrogens (tertiary/aromatic N) is 1. The third kappa shape index (κ3) is 3.25. The van der Waals surface area contributed by atoms with Crippen molar-refractivity contribution in [2.75, 3.05) is 5.32 Å². The Morgan fingerprint density at radius 3 is 2.68 bits per heavy atom. The van der Waals surface area contributed by atoms with Crippen LogP contribution in [0, 0.1) is 17.1 Å². The van der Waals surface area contributed by atoms with Gasteiger partial charge in [-0.1, -0.05) is 45.7 Å². The van der Waals surface area contributed by atoms with Crippen LogP contribution in [0.25, 0.3) is 0 Å². The van der Waals surface area contributed by atoms with Crippen molar-refractivity contribution in [3.63, 3.8) is 0 Å². The van der Waals surface area contributed by atoms with E-state index in [2.05, 4.69) is 21.2 Å². The predicted octanol–water partition coefficient (Wildman–Crippen LogP) is 4.92. The smallest absolute Gasteiger partial charge is 0.148 e. The molecule has 0 aliphatic carbocycles. The third-order valence-electron chi connectivity index (χ3n) is 2.56. The first-order chi connectivity index (χ1) is 9.11. The highest BCUT2D eigenvalue weighted by Gasteiger charge is 2.16. The van der Waals surface area contributed by atoms with Gasteiger partial charge in [-0.25, -0.2) is 4.39 Å². The zero-order valence-corrected chi connectivity index (χ0v) is 12.0. The van der Waals surface area contributed by atoms with Gasteiger partial charge in [0.1, 0.15) is 11.9 Å². The number of nitriles is 1. The maximum Gasteiger partial charge on any atom is 0.148 e. The fourth-order valence-corrected chi connectivity index (χ4v) is 2.25. The van der Waals surface area contributed by atoms with E-state index >= 15 is 0 Å². The molecule has 0 spiro atoms. The van der Waals surface area contributed by atoms with Crippen molar-refractivity contribution >= 4 is 33.2 Å². The maximum atomic E-state index is 13.9. The molecule has 0 aliphatic rings. The van der Waals surface area contributed by atoms with Crippen LogP contribution in [0.2, 0.25) is 5.02 Å². The van der Waals surface area contributed by atoms with Crippen LogP contribution < -0.4 is 5.32 Å². The number of anilines is 1. The highest BCUT2D eigenvalue weighted by atomic mass is 79.9. The summed E-state index contributed by atoms with van der Waals surface area (Å²) in [5.41, 5.74) is 0.954. The lowest BCUT2D eigenvalue weighted by Gasteiger charge is -2.14. The normalized spacial score (nSPS) is 11.7. The van der Waals surface area contributed by atoms with E-state index in [0.29, 0.717) is 0 Å². The van der Waals surface area contributed by atoms with Gasteiger partial charge in [0.05, 0.1) is 11.1 Å². The molecule has 0 saturated carbocycles. The average molecular weight is 340 g/mol. The Morgan fingerprint density at radius 1 is 1.26 bits per heavy atom. The molecule has 0 amide bonds. The van der Waals surface area contributed by atoms with Crippen LogP contribution in [0.3, 0.4) is 0 Å². The molecule has 5 heteroatoms. The number of nitrogens with one attached hydrogen (secondary N) is 1. The van der Waals surface area contributed by atoms with Crippen molar-refractivity contribution in [3.8, 4) is 6.07 Å². The Labute approximate surface area is 123 Å². The lowest BCUT2D eigenvalue weighted by Crippen LogP contribution is -2.10. The molecule has 0 saturated heterocycles. The largest absolute Gasteiger partial charge is 0.366 e. The van der Waals surface area contributed by atoms with E-state index < -0.39 is 11.9 Å². The van der Waals surface area contributed by atoms with Gasteiger partial charge in [-0.15, -0.1) is 0 Å². The van der Waals surface area contributed by atoms with Crippen molar-refractivity contribution in [1.29, 1.82) is 5.26 Å². The summed E-state index contributed by atoms with van der Waals surface area (Å²) in [7, 11) is 0. The van der Waals surface area contributed by atoms with Gasteiger partial charge in [0, 0.05) is 15.7 Å². The number of rotatable bonds is 3. The Morgan fingerprint density at radius 2 is 2.00 bits per heavy atom. The molecule has 0 aromatic heterocycles. The van der Waals surface area contributed by atoms with Gasteiger partial charge in [0.15, 0.2) is 0 Å². The summed E-state index contributed by atoms with van der Waals surface area (Å²) in [5, 5.41) is 12.2. The second-order valence-corrected chi connectivity index (χ2v) is 5.18. The zero-order valence-electron chi connectivity index (χ0n) is 9.70. The Balaban J connectivity index is 2.31. The SMILES string of the molecule is N#CC(Nc1cccc(Br)c1)c1cccc(Cl)c1F. The van der Waals surface area contributed by atoms with Gasteiger partial charge in [-0.3, -0.25) is 0 Å². The first-order valence-corrected chi connectivity index (χ1v) is 6.64. The molecule has 1 atom stereocenters. The van der Waals surface area contributed by atoms with Crippen LogP contribution in [0.4, 0.5) is 10.1 Å². The van der Waals surface area contributed by atoms with E-state index in [1.54, 1.807) is 18.2 Å². The van der Waals surface area contributed by atoms with Gasteiger partial charge in [-0.2, -0.15) is 5.26 Å². The van der Waals surface area contributed by atoms with Crippen molar-refractivity contribution in [2.45, 2.75) is 6.04 Å². The van der Waals surface area contributed by atoms with E-state index in [1.165, 1.54) is 6.07 Å². The van der Waals surface area contributed by atoms with Crippen molar-refractivity contribution in [2.24, 2.45) is 0 Å². The van der Waals surface area contributed by atoms with Crippen LogP contribution in [0.5, 0.6) is 0 Å². The van der Waals surface area contributed by atoms with Gasteiger partial charge in [0.25, 0.3) is 0 Å². The Kier molecular flexibility index (Phi) is 4.41. The summed E-state index contributed by atoms with van der Waals surface area (Å²) in [6, 6.07) is 13.2. The molecule has 1 N–H and O–H groups in total. The van der Waals surface area contributed by atoms with Crippen molar-refractivity contribution in [1.82, 2.24) is 0 Å². The van der Waals surface area contributed by atoms with E-state index in [4.69, 9.17) is 11.6 Å². The first kappa shape index (κ1) is 13.9.